The monoisotopic (exact) mass is 337 g/mol. The summed E-state index contributed by atoms with van der Waals surface area (Å²) in [5, 5.41) is 6.54. The van der Waals surface area contributed by atoms with Crippen molar-refractivity contribution in [1.29, 1.82) is 0 Å². The average Bonchev–Trinajstić information content (AvgIpc) is 3.29. The largest absolute Gasteiger partial charge is 0.380 e. The molecule has 2 aliphatic carbocycles. The Hall–Kier alpha value is -0.980. The van der Waals surface area contributed by atoms with Gasteiger partial charge in [0.2, 0.25) is 5.91 Å². The molecule has 6 heteroatoms. The van der Waals surface area contributed by atoms with E-state index in [1.807, 2.05) is 12.0 Å². The van der Waals surface area contributed by atoms with Gasteiger partial charge in [-0.3, -0.25) is 9.69 Å². The van der Waals surface area contributed by atoms with Crippen LogP contribution in [0.3, 0.4) is 0 Å². The lowest BCUT2D eigenvalue weighted by atomic mass is 10.1. The van der Waals surface area contributed by atoms with Gasteiger partial charge in [0, 0.05) is 38.0 Å². The minimum Gasteiger partial charge on any atom is -0.380 e. The van der Waals surface area contributed by atoms with Gasteiger partial charge in [-0.05, 0) is 25.7 Å². The van der Waals surface area contributed by atoms with Crippen molar-refractivity contribution in [2.45, 2.75) is 76.6 Å². The van der Waals surface area contributed by atoms with E-state index in [2.05, 4.69) is 15.7 Å². The van der Waals surface area contributed by atoms with E-state index < -0.39 is 0 Å². The molecule has 1 heterocycles. The molecule has 2 aliphatic rings. The molecule has 1 amide bonds. The molecule has 0 aromatic carbocycles. The SMILES string of the molecule is CO[C@@H]1CCCCC[C@H]1NCc1csc(N(C(C)=O)C2CC2)n1. The summed E-state index contributed by atoms with van der Waals surface area (Å²) < 4.78 is 5.65. The Morgan fingerprint density at radius 1 is 1.35 bits per heavy atom. The zero-order chi connectivity index (χ0) is 16.2. The van der Waals surface area contributed by atoms with Crippen molar-refractivity contribution >= 4 is 22.4 Å². The summed E-state index contributed by atoms with van der Waals surface area (Å²) in [5.41, 5.74) is 1.02. The van der Waals surface area contributed by atoms with Crippen molar-refractivity contribution in [3.05, 3.63) is 11.1 Å². The predicted octanol–water partition coefficient (Wildman–Crippen LogP) is 3.10. The second kappa shape index (κ2) is 7.73. The van der Waals surface area contributed by atoms with Crippen LogP contribution < -0.4 is 10.2 Å². The number of methoxy groups -OCH3 is 1. The Labute approximate surface area is 142 Å². The fourth-order valence-corrected chi connectivity index (χ4v) is 4.33. The van der Waals surface area contributed by atoms with Crippen LogP contribution in [0.5, 0.6) is 0 Å². The lowest BCUT2D eigenvalue weighted by molar-refractivity contribution is -0.116. The third-order valence-corrected chi connectivity index (χ3v) is 5.69. The Morgan fingerprint density at radius 2 is 2.13 bits per heavy atom. The number of nitrogens with zero attached hydrogens (tertiary/aromatic N) is 2. The van der Waals surface area contributed by atoms with E-state index in [9.17, 15) is 4.79 Å². The van der Waals surface area contributed by atoms with Gasteiger partial charge >= 0.3 is 0 Å². The Kier molecular flexibility index (Phi) is 5.67. The van der Waals surface area contributed by atoms with Gasteiger partial charge in [-0.2, -0.15) is 0 Å². The molecule has 5 nitrogen and oxygen atoms in total. The highest BCUT2D eigenvalue weighted by atomic mass is 32.1. The number of anilines is 1. The van der Waals surface area contributed by atoms with Gasteiger partial charge < -0.3 is 10.1 Å². The summed E-state index contributed by atoms with van der Waals surface area (Å²) in [6, 6.07) is 0.777. The Bertz CT molecular complexity index is 530. The quantitative estimate of drug-likeness (QED) is 0.811. The molecule has 128 valence electrons. The first-order chi connectivity index (χ1) is 11.2. The van der Waals surface area contributed by atoms with E-state index in [1.165, 1.54) is 19.3 Å². The number of carbonyl (C=O) groups is 1. The standard InChI is InChI=1S/C17H27N3O2S/c1-12(21)20(14-8-9-14)17-19-13(11-23-17)10-18-15-6-4-3-5-7-16(15)22-2/h11,14-16,18H,3-10H2,1-2H3/t15-,16-/m1/s1. The molecular formula is C17H27N3O2S. The molecule has 23 heavy (non-hydrogen) atoms. The zero-order valence-electron chi connectivity index (χ0n) is 14.1. The van der Waals surface area contributed by atoms with Crippen molar-refractivity contribution in [2.75, 3.05) is 12.0 Å². The first-order valence-corrected chi connectivity index (χ1v) is 9.57. The number of rotatable bonds is 6. The third-order valence-electron chi connectivity index (χ3n) is 4.80. The first kappa shape index (κ1) is 16.9. The molecule has 1 N–H and O–H groups in total. The van der Waals surface area contributed by atoms with Gasteiger partial charge in [0.25, 0.3) is 0 Å². The maximum absolute atomic E-state index is 11.8. The Balaban J connectivity index is 1.59. The molecule has 1 aromatic heterocycles. The average molecular weight is 337 g/mol. The molecule has 0 bridgehead atoms. The highest BCUT2D eigenvalue weighted by Gasteiger charge is 2.33. The maximum Gasteiger partial charge on any atom is 0.225 e. The molecule has 0 radical (unpaired) electrons. The van der Waals surface area contributed by atoms with Crippen LogP contribution in [0.4, 0.5) is 5.13 Å². The van der Waals surface area contributed by atoms with Crippen molar-refractivity contribution < 1.29 is 9.53 Å². The smallest absolute Gasteiger partial charge is 0.225 e. The highest BCUT2D eigenvalue weighted by molar-refractivity contribution is 7.14. The van der Waals surface area contributed by atoms with Gasteiger partial charge in [-0.25, -0.2) is 4.98 Å². The van der Waals surface area contributed by atoms with Gasteiger partial charge in [0.15, 0.2) is 5.13 Å². The molecule has 3 rings (SSSR count). The number of thiazole rings is 1. The fraction of sp³-hybridized carbons (Fsp3) is 0.765. The number of hydrogen-bond acceptors (Lipinski definition) is 5. The van der Waals surface area contributed by atoms with Crippen LogP contribution >= 0.6 is 11.3 Å². The molecule has 0 spiro atoms. The van der Waals surface area contributed by atoms with Crippen LogP contribution in [0.25, 0.3) is 0 Å². The normalized spacial score (nSPS) is 25.1. The van der Waals surface area contributed by atoms with Crippen LogP contribution in [0.2, 0.25) is 0 Å². The first-order valence-electron chi connectivity index (χ1n) is 8.69. The van der Waals surface area contributed by atoms with Crippen molar-refractivity contribution in [3.63, 3.8) is 0 Å². The number of hydrogen-bond donors (Lipinski definition) is 1. The van der Waals surface area contributed by atoms with Crippen LogP contribution in [0, 0.1) is 0 Å². The Morgan fingerprint density at radius 3 is 2.83 bits per heavy atom. The number of ether oxygens (including phenoxy) is 1. The summed E-state index contributed by atoms with van der Waals surface area (Å²) >= 11 is 1.57. The van der Waals surface area contributed by atoms with E-state index in [1.54, 1.807) is 18.3 Å². The van der Waals surface area contributed by atoms with Crippen LogP contribution in [0.1, 0.15) is 57.6 Å². The maximum atomic E-state index is 11.8. The zero-order valence-corrected chi connectivity index (χ0v) is 14.9. The van der Waals surface area contributed by atoms with Crippen LogP contribution in [-0.4, -0.2) is 36.2 Å². The molecule has 0 saturated heterocycles. The molecule has 0 unspecified atom stereocenters. The number of aromatic nitrogens is 1. The van der Waals surface area contributed by atoms with E-state index in [0.29, 0.717) is 18.2 Å². The topological polar surface area (TPSA) is 54.5 Å². The van der Waals surface area contributed by atoms with Crippen molar-refractivity contribution in [3.8, 4) is 0 Å². The summed E-state index contributed by atoms with van der Waals surface area (Å²) in [6.07, 6.45) is 8.62. The lowest BCUT2D eigenvalue weighted by Gasteiger charge is -2.24. The van der Waals surface area contributed by atoms with E-state index in [4.69, 9.17) is 4.74 Å². The van der Waals surface area contributed by atoms with Gasteiger partial charge in [0.05, 0.1) is 11.8 Å². The number of carbonyl (C=O) groups excluding carboxylic acids is 1. The van der Waals surface area contributed by atoms with Crippen LogP contribution in [-0.2, 0) is 16.1 Å². The van der Waals surface area contributed by atoms with Crippen molar-refractivity contribution in [1.82, 2.24) is 10.3 Å². The van der Waals surface area contributed by atoms with E-state index >= 15 is 0 Å². The predicted molar refractivity (Wildman–Crippen MR) is 92.8 cm³/mol. The van der Waals surface area contributed by atoms with Gasteiger partial charge in [-0.15, -0.1) is 11.3 Å². The lowest BCUT2D eigenvalue weighted by Crippen LogP contribution is -2.39. The van der Waals surface area contributed by atoms with E-state index in [-0.39, 0.29) is 5.91 Å². The van der Waals surface area contributed by atoms with Gasteiger partial charge in [0.1, 0.15) is 0 Å². The summed E-state index contributed by atoms with van der Waals surface area (Å²) in [6.45, 7) is 2.38. The number of nitrogens with one attached hydrogen (secondary N) is 1. The molecule has 0 aliphatic heterocycles. The molecule has 2 atom stereocenters. The second-order valence-corrected chi connectivity index (χ2v) is 7.48. The molecule has 2 fully saturated rings. The molecule has 2 saturated carbocycles. The van der Waals surface area contributed by atoms with Gasteiger partial charge in [-0.1, -0.05) is 19.3 Å². The third kappa shape index (κ3) is 4.31. The fourth-order valence-electron chi connectivity index (χ4n) is 3.39. The molecule has 1 aromatic rings. The summed E-state index contributed by atoms with van der Waals surface area (Å²) in [5.74, 6) is 0.101. The van der Waals surface area contributed by atoms with Crippen molar-refractivity contribution in [2.24, 2.45) is 0 Å². The number of amides is 1. The van der Waals surface area contributed by atoms with Crippen LogP contribution in [0.15, 0.2) is 5.38 Å². The minimum absolute atomic E-state index is 0.101. The molecular weight excluding hydrogens is 310 g/mol. The summed E-state index contributed by atoms with van der Waals surface area (Å²) in [7, 11) is 1.81. The summed E-state index contributed by atoms with van der Waals surface area (Å²) in [4.78, 5) is 18.4. The second-order valence-electron chi connectivity index (χ2n) is 6.64. The highest BCUT2D eigenvalue weighted by Crippen LogP contribution is 2.33. The van der Waals surface area contributed by atoms with E-state index in [0.717, 1.165) is 43.1 Å². The minimum atomic E-state index is 0.101.